The minimum Gasteiger partial charge on any atom is -0.327 e. The Morgan fingerprint density at radius 3 is 2.48 bits per heavy atom. The van der Waals surface area contributed by atoms with Crippen LogP contribution in [-0.4, -0.2) is 34.5 Å². The minimum atomic E-state index is -3.60. The molecule has 0 bridgehead atoms. The first-order valence-corrected chi connectivity index (χ1v) is 9.89. The fourth-order valence-corrected chi connectivity index (χ4v) is 3.88. The van der Waals surface area contributed by atoms with Gasteiger partial charge in [-0.15, -0.1) is 0 Å². The molecular weight excluding hydrogens is 362 g/mol. The van der Waals surface area contributed by atoms with E-state index in [0.29, 0.717) is 18.2 Å². The van der Waals surface area contributed by atoms with Crippen molar-refractivity contribution in [1.82, 2.24) is 24.2 Å². The molecule has 2 aromatic carbocycles. The molecule has 1 N–H and O–H groups in total. The highest BCUT2D eigenvalue weighted by molar-refractivity contribution is 7.89. The molecule has 0 saturated carbocycles. The molecule has 4 aromatic rings. The third-order valence-electron chi connectivity index (χ3n) is 4.16. The second-order valence-corrected chi connectivity index (χ2v) is 7.69. The molecular formula is C19H17N5O2S. The number of aromatic nitrogens is 4. The van der Waals surface area contributed by atoms with Gasteiger partial charge in [0.05, 0.1) is 4.90 Å². The highest BCUT2D eigenvalue weighted by Crippen LogP contribution is 2.19. The van der Waals surface area contributed by atoms with Crippen LogP contribution in [0.15, 0.2) is 78.2 Å². The minimum absolute atomic E-state index is 0.228. The number of nitrogens with zero attached hydrogens (tertiary/aromatic N) is 4. The summed E-state index contributed by atoms with van der Waals surface area (Å²) in [4.78, 5) is 12.9. The lowest BCUT2D eigenvalue weighted by Crippen LogP contribution is -2.27. The molecule has 0 amide bonds. The molecule has 0 atom stereocenters. The van der Waals surface area contributed by atoms with Crippen LogP contribution in [0.25, 0.3) is 22.4 Å². The predicted octanol–water partition coefficient (Wildman–Crippen LogP) is 2.47. The SMILES string of the molecule is O=S(=O)(NCCn1ccnc1-c1ncccn1)c1ccc2ccccc2c1. The molecule has 2 heterocycles. The first-order valence-electron chi connectivity index (χ1n) is 8.40. The molecule has 0 spiro atoms. The van der Waals surface area contributed by atoms with Gasteiger partial charge >= 0.3 is 0 Å². The van der Waals surface area contributed by atoms with E-state index >= 15 is 0 Å². The highest BCUT2D eigenvalue weighted by atomic mass is 32.2. The van der Waals surface area contributed by atoms with Crippen molar-refractivity contribution in [1.29, 1.82) is 0 Å². The van der Waals surface area contributed by atoms with Gasteiger partial charge in [-0.2, -0.15) is 0 Å². The van der Waals surface area contributed by atoms with Crippen molar-refractivity contribution in [3.05, 3.63) is 73.3 Å². The van der Waals surface area contributed by atoms with Crippen molar-refractivity contribution in [3.8, 4) is 11.6 Å². The average Bonchev–Trinajstić information content (AvgIpc) is 3.16. The summed E-state index contributed by atoms with van der Waals surface area (Å²) in [5.41, 5.74) is 0. The number of sulfonamides is 1. The predicted molar refractivity (Wildman–Crippen MR) is 102 cm³/mol. The van der Waals surface area contributed by atoms with Gasteiger partial charge in [0.25, 0.3) is 0 Å². The summed E-state index contributed by atoms with van der Waals surface area (Å²) in [6.45, 7) is 0.645. The van der Waals surface area contributed by atoms with E-state index in [1.165, 1.54) is 0 Å². The third-order valence-corrected chi connectivity index (χ3v) is 5.62. The van der Waals surface area contributed by atoms with E-state index in [1.807, 2.05) is 34.9 Å². The maximum absolute atomic E-state index is 12.6. The maximum atomic E-state index is 12.6. The van der Waals surface area contributed by atoms with Crippen molar-refractivity contribution < 1.29 is 8.42 Å². The molecule has 8 heteroatoms. The van der Waals surface area contributed by atoms with Crippen molar-refractivity contribution >= 4 is 20.8 Å². The van der Waals surface area contributed by atoms with Gasteiger partial charge in [0, 0.05) is 37.9 Å². The first kappa shape index (κ1) is 17.3. The molecule has 4 rings (SSSR count). The number of hydrogen-bond acceptors (Lipinski definition) is 5. The molecule has 0 aliphatic heterocycles. The van der Waals surface area contributed by atoms with Crippen molar-refractivity contribution in [3.63, 3.8) is 0 Å². The lowest BCUT2D eigenvalue weighted by Gasteiger charge is -2.10. The van der Waals surface area contributed by atoms with Gasteiger partial charge in [-0.05, 0) is 29.0 Å². The van der Waals surface area contributed by atoms with Crippen molar-refractivity contribution in [2.75, 3.05) is 6.54 Å². The lowest BCUT2D eigenvalue weighted by atomic mass is 10.1. The number of benzene rings is 2. The fourth-order valence-electron chi connectivity index (χ4n) is 2.83. The Morgan fingerprint density at radius 2 is 1.67 bits per heavy atom. The Balaban J connectivity index is 1.48. The van der Waals surface area contributed by atoms with E-state index in [1.54, 1.807) is 43.0 Å². The van der Waals surface area contributed by atoms with Crippen molar-refractivity contribution in [2.45, 2.75) is 11.4 Å². The van der Waals surface area contributed by atoms with Gasteiger partial charge < -0.3 is 4.57 Å². The normalized spacial score (nSPS) is 11.7. The monoisotopic (exact) mass is 379 g/mol. The average molecular weight is 379 g/mol. The molecule has 0 aliphatic rings. The number of hydrogen-bond donors (Lipinski definition) is 1. The number of nitrogens with one attached hydrogen (secondary N) is 1. The van der Waals surface area contributed by atoms with Crippen LogP contribution >= 0.6 is 0 Å². The van der Waals surface area contributed by atoms with E-state index in [4.69, 9.17) is 0 Å². The van der Waals surface area contributed by atoms with Gasteiger partial charge in [0.2, 0.25) is 10.0 Å². The van der Waals surface area contributed by atoms with E-state index in [2.05, 4.69) is 19.7 Å². The van der Waals surface area contributed by atoms with E-state index in [9.17, 15) is 8.42 Å². The zero-order valence-electron chi connectivity index (χ0n) is 14.4. The second kappa shape index (κ2) is 7.26. The quantitative estimate of drug-likeness (QED) is 0.556. The lowest BCUT2D eigenvalue weighted by molar-refractivity contribution is 0.573. The summed E-state index contributed by atoms with van der Waals surface area (Å²) in [6, 6.07) is 14.5. The number of imidazole rings is 1. The molecule has 0 unspecified atom stereocenters. The van der Waals surface area contributed by atoms with E-state index in [0.717, 1.165) is 10.8 Å². The van der Waals surface area contributed by atoms with Crippen LogP contribution in [0, 0.1) is 0 Å². The summed E-state index contributed by atoms with van der Waals surface area (Å²) in [6.07, 6.45) is 6.70. The van der Waals surface area contributed by atoms with Crippen LogP contribution in [0.3, 0.4) is 0 Å². The Morgan fingerprint density at radius 1 is 0.889 bits per heavy atom. The summed E-state index contributed by atoms with van der Waals surface area (Å²) in [5, 5.41) is 1.89. The fraction of sp³-hybridized carbons (Fsp3) is 0.105. The second-order valence-electron chi connectivity index (χ2n) is 5.92. The van der Waals surface area contributed by atoms with Gasteiger partial charge in [-0.1, -0.05) is 30.3 Å². The summed E-state index contributed by atoms with van der Waals surface area (Å²) >= 11 is 0. The van der Waals surface area contributed by atoms with Crippen molar-refractivity contribution in [2.24, 2.45) is 0 Å². The number of fused-ring (bicyclic) bond motifs is 1. The number of rotatable bonds is 6. The van der Waals surface area contributed by atoms with Crippen LogP contribution in [0.5, 0.6) is 0 Å². The van der Waals surface area contributed by atoms with Crippen LogP contribution in [0.1, 0.15) is 0 Å². The summed E-state index contributed by atoms with van der Waals surface area (Å²) in [7, 11) is -3.60. The molecule has 136 valence electrons. The zero-order chi connectivity index (χ0) is 18.7. The summed E-state index contributed by atoms with van der Waals surface area (Å²) < 4.78 is 29.7. The summed E-state index contributed by atoms with van der Waals surface area (Å²) in [5.74, 6) is 1.10. The van der Waals surface area contributed by atoms with Gasteiger partial charge in [0.1, 0.15) is 0 Å². The van der Waals surface area contributed by atoms with Crippen LogP contribution < -0.4 is 4.72 Å². The molecule has 0 aliphatic carbocycles. The maximum Gasteiger partial charge on any atom is 0.240 e. The Hall–Kier alpha value is -3.10. The van der Waals surface area contributed by atoms with Gasteiger partial charge in [-0.25, -0.2) is 28.1 Å². The molecule has 7 nitrogen and oxygen atoms in total. The smallest absolute Gasteiger partial charge is 0.240 e. The van der Waals surface area contributed by atoms with Crippen LogP contribution in [0.4, 0.5) is 0 Å². The highest BCUT2D eigenvalue weighted by Gasteiger charge is 2.15. The van der Waals surface area contributed by atoms with Gasteiger partial charge in [-0.3, -0.25) is 0 Å². The van der Waals surface area contributed by atoms with Crippen LogP contribution in [0.2, 0.25) is 0 Å². The Bertz CT molecular complexity index is 1170. The molecule has 0 fully saturated rings. The topological polar surface area (TPSA) is 89.8 Å². The van der Waals surface area contributed by atoms with Gasteiger partial charge in [0.15, 0.2) is 11.6 Å². The van der Waals surface area contributed by atoms with Crippen LogP contribution in [-0.2, 0) is 16.6 Å². The first-order chi connectivity index (χ1) is 13.1. The van der Waals surface area contributed by atoms with E-state index < -0.39 is 10.0 Å². The zero-order valence-corrected chi connectivity index (χ0v) is 15.2. The molecule has 0 saturated heterocycles. The standard InChI is InChI=1S/C19H17N5O2S/c25-27(26,17-7-6-15-4-1-2-5-16(15)14-17)23-11-13-24-12-10-22-19(24)18-20-8-3-9-21-18/h1-10,12,14,23H,11,13H2. The molecule has 0 radical (unpaired) electrons. The molecule has 27 heavy (non-hydrogen) atoms. The largest absolute Gasteiger partial charge is 0.327 e. The Labute approximate surface area is 156 Å². The third kappa shape index (κ3) is 3.71. The van der Waals surface area contributed by atoms with E-state index in [-0.39, 0.29) is 11.4 Å². The molecule has 2 aromatic heterocycles. The Kier molecular flexibility index (Phi) is 4.66.